The first-order chi connectivity index (χ1) is 16.9. The van der Waals surface area contributed by atoms with E-state index in [0.717, 1.165) is 43.6 Å². The summed E-state index contributed by atoms with van der Waals surface area (Å²) in [5.74, 6) is 4.25. The molecule has 4 unspecified atom stereocenters. The Kier molecular flexibility index (Phi) is 6.99. The van der Waals surface area contributed by atoms with Crippen molar-refractivity contribution < 1.29 is 9.84 Å². The molecule has 0 aliphatic heterocycles. The van der Waals surface area contributed by atoms with Crippen molar-refractivity contribution in [1.29, 1.82) is 0 Å². The number of rotatable bonds is 7. The van der Waals surface area contributed by atoms with E-state index >= 15 is 0 Å². The van der Waals surface area contributed by atoms with Gasteiger partial charge in [0.05, 0.1) is 0 Å². The van der Waals surface area contributed by atoms with Crippen LogP contribution in [0.5, 0.6) is 11.5 Å². The predicted octanol–water partition coefficient (Wildman–Crippen LogP) is 7.34. The fourth-order valence-electron chi connectivity index (χ4n) is 7.84. The van der Waals surface area contributed by atoms with E-state index in [4.69, 9.17) is 4.74 Å². The Morgan fingerprint density at radius 3 is 2.71 bits per heavy atom. The zero-order chi connectivity index (χ0) is 24.6. The second-order valence-corrected chi connectivity index (χ2v) is 11.5. The Bertz CT molecular complexity index is 1070. The van der Waals surface area contributed by atoms with Gasteiger partial charge in [0.1, 0.15) is 18.1 Å². The Labute approximate surface area is 212 Å². The molecule has 3 aliphatic carbocycles. The van der Waals surface area contributed by atoms with Crippen molar-refractivity contribution in [3.05, 3.63) is 70.8 Å². The third kappa shape index (κ3) is 4.53. The quantitative estimate of drug-likeness (QED) is 0.427. The Balaban J connectivity index is 1.31. The van der Waals surface area contributed by atoms with Gasteiger partial charge in [-0.2, -0.15) is 0 Å². The third-order valence-electron chi connectivity index (χ3n) is 9.74. The Morgan fingerprint density at radius 1 is 1.11 bits per heavy atom. The predicted molar refractivity (Wildman–Crippen MR) is 144 cm³/mol. The molecular formula is C32H43NO2. The van der Waals surface area contributed by atoms with Crippen molar-refractivity contribution in [2.45, 2.75) is 72.3 Å². The minimum Gasteiger partial charge on any atom is -0.508 e. The highest BCUT2D eigenvalue weighted by Gasteiger charge is 2.54. The first-order valence-electron chi connectivity index (χ1n) is 13.9. The molecule has 2 saturated carbocycles. The third-order valence-corrected chi connectivity index (χ3v) is 9.74. The normalized spacial score (nSPS) is 30.7. The lowest BCUT2D eigenvalue weighted by Gasteiger charge is -2.52. The molecule has 0 radical (unpaired) electrons. The highest BCUT2D eigenvalue weighted by molar-refractivity contribution is 5.41. The highest BCUT2D eigenvalue weighted by atomic mass is 16.5. The minimum atomic E-state index is 0.300. The van der Waals surface area contributed by atoms with Crippen molar-refractivity contribution in [3.8, 4) is 11.5 Å². The first-order valence-corrected chi connectivity index (χ1v) is 13.9. The van der Waals surface area contributed by atoms with Crippen LogP contribution in [0.3, 0.4) is 0 Å². The average Bonchev–Trinajstić information content (AvgIpc) is 3.19. The maximum Gasteiger partial charge on any atom is 0.124 e. The molecule has 2 aromatic carbocycles. The zero-order valence-electron chi connectivity index (χ0n) is 22.1. The van der Waals surface area contributed by atoms with Gasteiger partial charge in [0.25, 0.3) is 0 Å². The van der Waals surface area contributed by atoms with Gasteiger partial charge in [0.2, 0.25) is 0 Å². The van der Waals surface area contributed by atoms with E-state index in [1.165, 1.54) is 42.4 Å². The molecule has 3 aliphatic rings. The number of ether oxygens (including phenoxy) is 1. The van der Waals surface area contributed by atoms with Crippen molar-refractivity contribution in [1.82, 2.24) is 4.90 Å². The molecule has 188 valence electrons. The standard InChI is InChI=1S/C32H43NO2/c1-5-33(6-2)21-23-9-7-8-10-30(23)35-18-16-25-11-14-29-31-22(3)19-24-20-26(34)12-13-27(24)28(31)15-17-32(25,29)4/h7-10,12-13,16,20,22,28-29,31,34H,5-6,11,14-15,17-19,21H2,1-4H3/b25-16+/t22-,28?,29?,31?,32?/m1/s1. The monoisotopic (exact) mass is 473 g/mol. The number of hydrogen-bond acceptors (Lipinski definition) is 3. The fourth-order valence-corrected chi connectivity index (χ4v) is 7.84. The zero-order valence-corrected chi connectivity index (χ0v) is 22.1. The Morgan fingerprint density at radius 2 is 1.91 bits per heavy atom. The van der Waals surface area contributed by atoms with Crippen LogP contribution in [0.1, 0.15) is 76.0 Å². The summed E-state index contributed by atoms with van der Waals surface area (Å²) < 4.78 is 6.37. The number of para-hydroxylation sites is 1. The number of allylic oxidation sites excluding steroid dienone is 1. The van der Waals surface area contributed by atoms with E-state index in [1.807, 2.05) is 12.1 Å². The first kappa shape index (κ1) is 24.4. The summed E-state index contributed by atoms with van der Waals surface area (Å²) in [5.41, 5.74) is 6.11. The van der Waals surface area contributed by atoms with E-state index in [2.05, 4.69) is 69.0 Å². The van der Waals surface area contributed by atoms with Gasteiger partial charge in [0, 0.05) is 12.1 Å². The van der Waals surface area contributed by atoms with Gasteiger partial charge in [-0.1, -0.05) is 57.5 Å². The van der Waals surface area contributed by atoms with Gasteiger partial charge < -0.3 is 9.84 Å². The van der Waals surface area contributed by atoms with Gasteiger partial charge in [-0.15, -0.1) is 0 Å². The van der Waals surface area contributed by atoms with Crippen molar-refractivity contribution in [3.63, 3.8) is 0 Å². The van der Waals surface area contributed by atoms with Crippen molar-refractivity contribution >= 4 is 0 Å². The molecule has 3 nitrogen and oxygen atoms in total. The van der Waals surface area contributed by atoms with Crippen molar-refractivity contribution in [2.75, 3.05) is 19.7 Å². The van der Waals surface area contributed by atoms with Gasteiger partial charge >= 0.3 is 0 Å². The van der Waals surface area contributed by atoms with Crippen LogP contribution in [-0.4, -0.2) is 29.7 Å². The van der Waals surface area contributed by atoms with Gasteiger partial charge in [-0.25, -0.2) is 0 Å². The summed E-state index contributed by atoms with van der Waals surface area (Å²) in [6.45, 7) is 13.2. The summed E-state index contributed by atoms with van der Waals surface area (Å²) >= 11 is 0. The number of benzene rings is 2. The molecule has 2 fully saturated rings. The second-order valence-electron chi connectivity index (χ2n) is 11.5. The van der Waals surface area contributed by atoms with Crippen LogP contribution in [0.4, 0.5) is 0 Å². The summed E-state index contributed by atoms with van der Waals surface area (Å²) in [6, 6.07) is 14.7. The summed E-state index contributed by atoms with van der Waals surface area (Å²) in [7, 11) is 0. The van der Waals surface area contributed by atoms with Gasteiger partial charge in [-0.05, 0) is 110 Å². The maximum absolute atomic E-state index is 10.0. The molecule has 3 heteroatoms. The fraction of sp³-hybridized carbons (Fsp3) is 0.562. The molecule has 5 rings (SSSR count). The molecular weight excluding hydrogens is 430 g/mol. The lowest BCUT2D eigenvalue weighted by molar-refractivity contribution is 0.0488. The molecule has 5 atom stereocenters. The molecule has 0 heterocycles. The average molecular weight is 474 g/mol. The van der Waals surface area contributed by atoms with Crippen LogP contribution in [-0.2, 0) is 13.0 Å². The number of phenolic OH excluding ortho intramolecular Hbond substituents is 1. The van der Waals surface area contributed by atoms with Crippen molar-refractivity contribution in [2.24, 2.45) is 23.2 Å². The van der Waals surface area contributed by atoms with Gasteiger partial charge in [0.15, 0.2) is 0 Å². The number of aromatic hydroxyl groups is 1. The van der Waals surface area contributed by atoms with E-state index in [0.29, 0.717) is 29.6 Å². The van der Waals surface area contributed by atoms with Crippen LogP contribution in [0, 0.1) is 23.2 Å². The lowest BCUT2D eigenvalue weighted by atomic mass is 9.52. The summed E-state index contributed by atoms with van der Waals surface area (Å²) in [6.07, 6.45) is 8.56. The van der Waals surface area contributed by atoms with Crippen LogP contribution in [0.2, 0.25) is 0 Å². The number of fused-ring (bicyclic) bond motifs is 5. The number of nitrogens with zero attached hydrogens (tertiary/aromatic N) is 1. The Hall–Kier alpha value is -2.26. The largest absolute Gasteiger partial charge is 0.508 e. The van der Waals surface area contributed by atoms with E-state index in [-0.39, 0.29) is 0 Å². The molecule has 0 spiro atoms. The topological polar surface area (TPSA) is 32.7 Å². The van der Waals surface area contributed by atoms with Crippen LogP contribution < -0.4 is 4.74 Å². The van der Waals surface area contributed by atoms with E-state index < -0.39 is 0 Å². The number of hydrogen-bond donors (Lipinski definition) is 1. The molecule has 35 heavy (non-hydrogen) atoms. The SMILES string of the molecule is CCN(CC)Cc1ccccc1OC/C=C1\CCC2C3C(CCC12C)c1ccc(O)cc1C[C@H]3C. The van der Waals surface area contributed by atoms with E-state index in [9.17, 15) is 5.11 Å². The molecule has 1 N–H and O–H groups in total. The van der Waals surface area contributed by atoms with Crippen LogP contribution in [0.25, 0.3) is 0 Å². The van der Waals surface area contributed by atoms with Crippen LogP contribution >= 0.6 is 0 Å². The minimum absolute atomic E-state index is 0.300. The molecule has 0 amide bonds. The summed E-state index contributed by atoms with van der Waals surface area (Å²) in [5, 5.41) is 10.0. The second kappa shape index (κ2) is 10.0. The smallest absolute Gasteiger partial charge is 0.124 e. The molecule has 0 saturated heterocycles. The highest BCUT2D eigenvalue weighted by Crippen LogP contribution is 2.63. The molecule has 0 aromatic heterocycles. The summed E-state index contributed by atoms with van der Waals surface area (Å²) in [4.78, 5) is 2.44. The van der Waals surface area contributed by atoms with Gasteiger partial charge in [-0.3, -0.25) is 4.90 Å². The lowest BCUT2D eigenvalue weighted by Crippen LogP contribution is -2.43. The maximum atomic E-state index is 10.0. The number of phenols is 1. The van der Waals surface area contributed by atoms with E-state index in [1.54, 1.807) is 5.57 Å². The molecule has 2 aromatic rings. The van der Waals surface area contributed by atoms with Crippen LogP contribution in [0.15, 0.2) is 54.1 Å². The molecule has 0 bridgehead atoms.